The van der Waals surface area contributed by atoms with Crippen LogP contribution in [0, 0.1) is 39.8 Å². The predicted molar refractivity (Wildman–Crippen MR) is 84.7 cm³/mol. The molecule has 24 heavy (non-hydrogen) atoms. The molecule has 0 aromatic heterocycles. The first-order valence-corrected chi connectivity index (χ1v) is 6.85. The topological polar surface area (TPSA) is 92.6 Å². The summed E-state index contributed by atoms with van der Waals surface area (Å²) in [5, 5.41) is 29.4. The van der Waals surface area contributed by atoms with E-state index in [0.29, 0.717) is 17.0 Å². The molecule has 2 rings (SSSR count). The van der Waals surface area contributed by atoms with E-state index in [2.05, 4.69) is 5.32 Å². The highest BCUT2D eigenvalue weighted by Crippen LogP contribution is 2.20. The Morgan fingerprint density at radius 1 is 1.00 bits per heavy atom. The number of allylic oxidation sites excluding steroid dienone is 2. The highest BCUT2D eigenvalue weighted by molar-refractivity contribution is 5.59. The molecule has 0 aliphatic carbocycles. The standard InChI is InChI=1S/C18H11FN4O/c19-15-4-1-3-13(7-15)12-24-17-6-2-5-16(8-17)23-18(11-22)14(9-20)10-21/h1-8,23H,12H2. The lowest BCUT2D eigenvalue weighted by atomic mass is 10.2. The van der Waals surface area contributed by atoms with Gasteiger partial charge >= 0.3 is 0 Å². The average molecular weight is 318 g/mol. The van der Waals surface area contributed by atoms with Crippen LogP contribution in [0.25, 0.3) is 0 Å². The van der Waals surface area contributed by atoms with Gasteiger partial charge in [0.1, 0.15) is 42.1 Å². The number of nitrogens with zero attached hydrogens (tertiary/aromatic N) is 3. The molecule has 5 nitrogen and oxygen atoms in total. The van der Waals surface area contributed by atoms with Gasteiger partial charge in [0.15, 0.2) is 5.57 Å². The Bertz CT molecular complexity index is 884. The Balaban J connectivity index is 2.12. The van der Waals surface area contributed by atoms with Crippen LogP contribution in [0.4, 0.5) is 10.1 Å². The quantitative estimate of drug-likeness (QED) is 0.850. The normalized spacial score (nSPS) is 9.08. The third-order valence-electron chi connectivity index (χ3n) is 2.98. The molecule has 0 amide bonds. The van der Waals surface area contributed by atoms with Crippen LogP contribution < -0.4 is 10.1 Å². The van der Waals surface area contributed by atoms with Crippen LogP contribution in [0.2, 0.25) is 0 Å². The van der Waals surface area contributed by atoms with Crippen molar-refractivity contribution in [3.05, 3.63) is 71.2 Å². The molecule has 0 saturated heterocycles. The summed E-state index contributed by atoms with van der Waals surface area (Å²) in [6.07, 6.45) is 0. The molecule has 0 bridgehead atoms. The van der Waals surface area contributed by atoms with Gasteiger partial charge in [-0.3, -0.25) is 0 Å². The van der Waals surface area contributed by atoms with Gasteiger partial charge in [0.05, 0.1) is 0 Å². The van der Waals surface area contributed by atoms with Gasteiger partial charge in [-0.15, -0.1) is 0 Å². The number of hydrogen-bond donors (Lipinski definition) is 1. The van der Waals surface area contributed by atoms with E-state index < -0.39 is 0 Å². The molecule has 0 aliphatic rings. The molecular weight excluding hydrogens is 307 g/mol. The zero-order chi connectivity index (χ0) is 17.4. The maximum Gasteiger partial charge on any atom is 0.163 e. The maximum absolute atomic E-state index is 13.1. The van der Waals surface area contributed by atoms with Gasteiger partial charge in [-0.25, -0.2) is 4.39 Å². The number of anilines is 1. The largest absolute Gasteiger partial charge is 0.489 e. The van der Waals surface area contributed by atoms with E-state index in [0.717, 1.165) is 0 Å². The van der Waals surface area contributed by atoms with Crippen molar-refractivity contribution in [3.63, 3.8) is 0 Å². The highest BCUT2D eigenvalue weighted by Gasteiger charge is 2.07. The van der Waals surface area contributed by atoms with Crippen LogP contribution in [-0.4, -0.2) is 0 Å². The van der Waals surface area contributed by atoms with Crippen LogP contribution >= 0.6 is 0 Å². The lowest BCUT2D eigenvalue weighted by molar-refractivity contribution is 0.306. The number of hydrogen-bond acceptors (Lipinski definition) is 5. The molecule has 0 saturated carbocycles. The van der Waals surface area contributed by atoms with Gasteiger partial charge in [-0.05, 0) is 29.8 Å². The number of ether oxygens (including phenoxy) is 1. The van der Waals surface area contributed by atoms with Crippen molar-refractivity contribution in [2.24, 2.45) is 0 Å². The maximum atomic E-state index is 13.1. The van der Waals surface area contributed by atoms with E-state index in [1.807, 2.05) is 0 Å². The Hall–Kier alpha value is -3.82. The van der Waals surface area contributed by atoms with Crippen molar-refractivity contribution >= 4 is 5.69 Å². The second kappa shape index (κ2) is 7.98. The molecule has 116 valence electrons. The first-order valence-electron chi connectivity index (χ1n) is 6.85. The second-order valence-electron chi connectivity index (χ2n) is 4.66. The van der Waals surface area contributed by atoms with Crippen molar-refractivity contribution in [2.75, 3.05) is 5.32 Å². The summed E-state index contributed by atoms with van der Waals surface area (Å²) in [6.45, 7) is 0.184. The minimum atomic E-state index is -0.337. The molecule has 0 unspecified atom stereocenters. The molecular formula is C18H11FN4O. The monoisotopic (exact) mass is 318 g/mol. The van der Waals surface area contributed by atoms with Gasteiger partial charge in [-0.1, -0.05) is 18.2 Å². The smallest absolute Gasteiger partial charge is 0.163 e. The van der Waals surface area contributed by atoms with E-state index in [1.54, 1.807) is 54.6 Å². The van der Waals surface area contributed by atoms with Gasteiger partial charge in [0.2, 0.25) is 0 Å². The van der Waals surface area contributed by atoms with Crippen molar-refractivity contribution < 1.29 is 9.13 Å². The molecule has 0 atom stereocenters. The molecule has 2 aromatic rings. The van der Waals surface area contributed by atoms with Crippen molar-refractivity contribution in [2.45, 2.75) is 6.61 Å². The first-order chi connectivity index (χ1) is 11.7. The zero-order valence-electron chi connectivity index (χ0n) is 12.5. The van der Waals surface area contributed by atoms with Crippen molar-refractivity contribution in [1.82, 2.24) is 0 Å². The van der Waals surface area contributed by atoms with Crippen LogP contribution in [0.1, 0.15) is 5.56 Å². The number of rotatable bonds is 5. The lowest BCUT2D eigenvalue weighted by Gasteiger charge is -2.09. The third-order valence-corrected chi connectivity index (χ3v) is 2.98. The van der Waals surface area contributed by atoms with Gasteiger partial charge in [0, 0.05) is 11.8 Å². The summed E-state index contributed by atoms with van der Waals surface area (Å²) in [5.41, 5.74) is 0.736. The van der Waals surface area contributed by atoms with E-state index in [4.69, 9.17) is 20.5 Å². The molecule has 2 aromatic carbocycles. The molecule has 0 spiro atoms. The Kier molecular flexibility index (Phi) is 5.50. The SMILES string of the molecule is N#CC(C#N)=C(C#N)Nc1cccc(OCc2cccc(F)c2)c1. The van der Waals surface area contributed by atoms with Crippen LogP contribution in [0.5, 0.6) is 5.75 Å². The van der Waals surface area contributed by atoms with Crippen molar-refractivity contribution in [1.29, 1.82) is 15.8 Å². The molecule has 1 N–H and O–H groups in total. The van der Waals surface area contributed by atoms with Gasteiger partial charge in [-0.2, -0.15) is 15.8 Å². The number of nitrogens with one attached hydrogen (secondary N) is 1. The van der Waals surface area contributed by atoms with Crippen LogP contribution in [0.3, 0.4) is 0 Å². The van der Waals surface area contributed by atoms with Gasteiger partial charge < -0.3 is 10.1 Å². The fourth-order valence-corrected chi connectivity index (χ4v) is 1.88. The molecule has 0 fully saturated rings. The Morgan fingerprint density at radius 3 is 2.42 bits per heavy atom. The lowest BCUT2D eigenvalue weighted by Crippen LogP contribution is -2.01. The molecule has 6 heteroatoms. The van der Waals surface area contributed by atoms with Crippen molar-refractivity contribution in [3.8, 4) is 24.0 Å². The molecule has 0 aliphatic heterocycles. The Morgan fingerprint density at radius 2 is 1.75 bits per heavy atom. The van der Waals surface area contributed by atoms with Gasteiger partial charge in [0.25, 0.3) is 0 Å². The summed E-state index contributed by atoms with van der Waals surface area (Å²) in [6, 6.07) is 17.8. The summed E-state index contributed by atoms with van der Waals surface area (Å²) in [4.78, 5) is 0. The summed E-state index contributed by atoms with van der Waals surface area (Å²) in [5.74, 6) is 0.160. The number of halogens is 1. The number of nitriles is 3. The molecule has 0 radical (unpaired) electrons. The average Bonchev–Trinajstić information content (AvgIpc) is 2.60. The fourth-order valence-electron chi connectivity index (χ4n) is 1.88. The molecule has 0 heterocycles. The zero-order valence-corrected chi connectivity index (χ0v) is 12.5. The number of benzene rings is 2. The third kappa shape index (κ3) is 4.34. The van der Waals surface area contributed by atoms with E-state index in [-0.39, 0.29) is 23.7 Å². The minimum absolute atomic E-state index is 0.137. The highest BCUT2D eigenvalue weighted by atomic mass is 19.1. The summed E-state index contributed by atoms with van der Waals surface area (Å²) < 4.78 is 18.7. The van der Waals surface area contributed by atoms with E-state index in [9.17, 15) is 4.39 Å². The Labute approximate surface area is 138 Å². The fraction of sp³-hybridized carbons (Fsp3) is 0.0556. The van der Waals surface area contributed by atoms with Crippen LogP contribution in [0.15, 0.2) is 59.8 Å². The summed E-state index contributed by atoms with van der Waals surface area (Å²) >= 11 is 0. The minimum Gasteiger partial charge on any atom is -0.489 e. The summed E-state index contributed by atoms with van der Waals surface area (Å²) in [7, 11) is 0. The second-order valence-corrected chi connectivity index (χ2v) is 4.66. The van der Waals surface area contributed by atoms with Crippen LogP contribution in [-0.2, 0) is 6.61 Å². The van der Waals surface area contributed by atoms with E-state index >= 15 is 0 Å². The first kappa shape index (κ1) is 16.5. The predicted octanol–water partition coefficient (Wildman–Crippen LogP) is 3.64. The van der Waals surface area contributed by atoms with E-state index in [1.165, 1.54) is 12.1 Å².